The molecule has 0 spiro atoms. The molecule has 0 aromatic heterocycles. The standard InChI is InChI=1S/C8H17NO2/c1-2-11-6-8(10)7-4-3-5-9-7/h7-10H,2-6H2,1H3. The van der Waals surface area contributed by atoms with Crippen molar-refractivity contribution in [1.82, 2.24) is 5.32 Å². The number of rotatable bonds is 4. The Bertz CT molecular complexity index is 102. The first-order valence-corrected chi connectivity index (χ1v) is 4.33. The number of aliphatic hydroxyl groups excluding tert-OH is 1. The molecule has 0 aliphatic carbocycles. The van der Waals surface area contributed by atoms with Crippen molar-refractivity contribution in [3.63, 3.8) is 0 Å². The molecule has 2 atom stereocenters. The van der Waals surface area contributed by atoms with E-state index in [1.807, 2.05) is 6.92 Å². The first-order valence-electron chi connectivity index (χ1n) is 4.33. The van der Waals surface area contributed by atoms with Crippen LogP contribution < -0.4 is 5.32 Å². The molecule has 66 valence electrons. The minimum Gasteiger partial charge on any atom is -0.389 e. The molecule has 0 aromatic carbocycles. The highest BCUT2D eigenvalue weighted by Gasteiger charge is 2.21. The summed E-state index contributed by atoms with van der Waals surface area (Å²) in [6, 6.07) is 0.265. The van der Waals surface area contributed by atoms with Gasteiger partial charge >= 0.3 is 0 Å². The zero-order chi connectivity index (χ0) is 8.10. The maximum atomic E-state index is 9.49. The van der Waals surface area contributed by atoms with Crippen LogP contribution in [0.2, 0.25) is 0 Å². The predicted molar refractivity (Wildman–Crippen MR) is 43.5 cm³/mol. The lowest BCUT2D eigenvalue weighted by molar-refractivity contribution is 0.0249. The van der Waals surface area contributed by atoms with Crippen molar-refractivity contribution in [2.24, 2.45) is 0 Å². The van der Waals surface area contributed by atoms with E-state index in [4.69, 9.17) is 4.74 Å². The van der Waals surface area contributed by atoms with E-state index < -0.39 is 0 Å². The zero-order valence-electron chi connectivity index (χ0n) is 7.05. The summed E-state index contributed by atoms with van der Waals surface area (Å²) >= 11 is 0. The van der Waals surface area contributed by atoms with Crippen LogP contribution >= 0.6 is 0 Å². The number of nitrogens with one attached hydrogen (secondary N) is 1. The Morgan fingerprint density at radius 2 is 2.55 bits per heavy atom. The Kier molecular flexibility index (Phi) is 3.83. The molecule has 0 saturated carbocycles. The van der Waals surface area contributed by atoms with Gasteiger partial charge in [-0.05, 0) is 26.3 Å². The molecular formula is C8H17NO2. The third-order valence-corrected chi connectivity index (χ3v) is 2.06. The summed E-state index contributed by atoms with van der Waals surface area (Å²) in [5.74, 6) is 0. The summed E-state index contributed by atoms with van der Waals surface area (Å²) in [7, 11) is 0. The van der Waals surface area contributed by atoms with E-state index in [9.17, 15) is 5.11 Å². The predicted octanol–water partition coefficient (Wildman–Crippen LogP) is 0.136. The molecule has 1 saturated heterocycles. The van der Waals surface area contributed by atoms with E-state index >= 15 is 0 Å². The van der Waals surface area contributed by atoms with Gasteiger partial charge in [-0.15, -0.1) is 0 Å². The highest BCUT2D eigenvalue weighted by molar-refractivity contribution is 4.80. The van der Waals surface area contributed by atoms with Crippen LogP contribution in [-0.4, -0.2) is 37.0 Å². The van der Waals surface area contributed by atoms with Crippen molar-refractivity contribution in [3.8, 4) is 0 Å². The highest BCUT2D eigenvalue weighted by Crippen LogP contribution is 2.09. The van der Waals surface area contributed by atoms with Gasteiger partial charge in [-0.3, -0.25) is 0 Å². The fourth-order valence-electron chi connectivity index (χ4n) is 1.39. The monoisotopic (exact) mass is 159 g/mol. The third-order valence-electron chi connectivity index (χ3n) is 2.06. The largest absolute Gasteiger partial charge is 0.389 e. The van der Waals surface area contributed by atoms with E-state index in [-0.39, 0.29) is 12.1 Å². The second-order valence-electron chi connectivity index (χ2n) is 2.93. The second-order valence-corrected chi connectivity index (χ2v) is 2.93. The van der Waals surface area contributed by atoms with E-state index in [2.05, 4.69) is 5.32 Å². The third kappa shape index (κ3) is 2.77. The lowest BCUT2D eigenvalue weighted by atomic mass is 10.1. The van der Waals surface area contributed by atoms with Crippen LogP contribution in [0.1, 0.15) is 19.8 Å². The molecular weight excluding hydrogens is 142 g/mol. The van der Waals surface area contributed by atoms with E-state index in [1.165, 1.54) is 6.42 Å². The number of aliphatic hydroxyl groups is 1. The molecule has 0 aromatic rings. The summed E-state index contributed by atoms with van der Waals surface area (Å²) in [6.07, 6.45) is 1.93. The zero-order valence-corrected chi connectivity index (χ0v) is 7.05. The normalized spacial score (nSPS) is 27.3. The number of hydrogen-bond acceptors (Lipinski definition) is 3. The van der Waals surface area contributed by atoms with Crippen LogP contribution in [-0.2, 0) is 4.74 Å². The van der Waals surface area contributed by atoms with Gasteiger partial charge in [0, 0.05) is 12.6 Å². The van der Waals surface area contributed by atoms with Gasteiger partial charge in [0.15, 0.2) is 0 Å². The number of hydrogen-bond donors (Lipinski definition) is 2. The highest BCUT2D eigenvalue weighted by atomic mass is 16.5. The molecule has 1 rings (SSSR count). The molecule has 1 aliphatic heterocycles. The van der Waals surface area contributed by atoms with E-state index in [1.54, 1.807) is 0 Å². The maximum absolute atomic E-state index is 9.49. The van der Waals surface area contributed by atoms with Gasteiger partial charge in [0.2, 0.25) is 0 Å². The van der Waals surface area contributed by atoms with Crippen molar-refractivity contribution in [2.75, 3.05) is 19.8 Å². The van der Waals surface area contributed by atoms with E-state index in [0.29, 0.717) is 13.2 Å². The average molecular weight is 159 g/mol. The van der Waals surface area contributed by atoms with Crippen LogP contribution in [0.25, 0.3) is 0 Å². The Labute approximate surface area is 67.7 Å². The van der Waals surface area contributed by atoms with Crippen molar-refractivity contribution in [3.05, 3.63) is 0 Å². The first kappa shape index (κ1) is 8.97. The first-order chi connectivity index (χ1) is 5.34. The Morgan fingerprint density at radius 3 is 3.09 bits per heavy atom. The van der Waals surface area contributed by atoms with Gasteiger partial charge in [0.25, 0.3) is 0 Å². The van der Waals surface area contributed by atoms with Crippen LogP contribution in [0.5, 0.6) is 0 Å². The van der Waals surface area contributed by atoms with Crippen molar-refractivity contribution < 1.29 is 9.84 Å². The van der Waals surface area contributed by atoms with Crippen molar-refractivity contribution in [2.45, 2.75) is 31.9 Å². The summed E-state index contributed by atoms with van der Waals surface area (Å²) in [5.41, 5.74) is 0. The fourth-order valence-corrected chi connectivity index (χ4v) is 1.39. The molecule has 2 unspecified atom stereocenters. The Hall–Kier alpha value is -0.120. The minimum atomic E-state index is -0.322. The summed E-state index contributed by atoms with van der Waals surface area (Å²) in [6.45, 7) is 4.13. The molecule has 3 nitrogen and oxygen atoms in total. The van der Waals surface area contributed by atoms with Crippen LogP contribution in [0, 0.1) is 0 Å². The molecule has 0 radical (unpaired) electrons. The lowest BCUT2D eigenvalue weighted by Gasteiger charge is -2.17. The molecule has 11 heavy (non-hydrogen) atoms. The second kappa shape index (κ2) is 4.70. The summed E-state index contributed by atoms with van der Waals surface area (Å²) in [4.78, 5) is 0. The van der Waals surface area contributed by atoms with Gasteiger partial charge in [-0.2, -0.15) is 0 Å². The number of ether oxygens (including phenoxy) is 1. The van der Waals surface area contributed by atoms with Gasteiger partial charge in [-0.1, -0.05) is 0 Å². The molecule has 0 amide bonds. The van der Waals surface area contributed by atoms with Gasteiger partial charge in [0.1, 0.15) is 0 Å². The Balaban J connectivity index is 2.12. The minimum absolute atomic E-state index is 0.265. The fraction of sp³-hybridized carbons (Fsp3) is 1.00. The van der Waals surface area contributed by atoms with E-state index in [0.717, 1.165) is 13.0 Å². The van der Waals surface area contributed by atoms with Gasteiger partial charge in [-0.25, -0.2) is 0 Å². The quantitative estimate of drug-likeness (QED) is 0.613. The van der Waals surface area contributed by atoms with Gasteiger partial charge in [0.05, 0.1) is 12.7 Å². The molecule has 1 heterocycles. The lowest BCUT2D eigenvalue weighted by Crippen LogP contribution is -2.37. The molecule has 1 fully saturated rings. The molecule has 1 aliphatic rings. The average Bonchev–Trinajstić information content (AvgIpc) is 2.52. The summed E-state index contributed by atoms with van der Waals surface area (Å²) in [5, 5.41) is 12.7. The molecule has 3 heteroatoms. The summed E-state index contributed by atoms with van der Waals surface area (Å²) < 4.78 is 5.12. The van der Waals surface area contributed by atoms with Crippen molar-refractivity contribution >= 4 is 0 Å². The van der Waals surface area contributed by atoms with Crippen LogP contribution in [0.15, 0.2) is 0 Å². The molecule has 2 N–H and O–H groups in total. The topological polar surface area (TPSA) is 41.5 Å². The van der Waals surface area contributed by atoms with Crippen LogP contribution in [0.4, 0.5) is 0 Å². The van der Waals surface area contributed by atoms with Crippen molar-refractivity contribution in [1.29, 1.82) is 0 Å². The van der Waals surface area contributed by atoms with Crippen LogP contribution in [0.3, 0.4) is 0 Å². The molecule has 0 bridgehead atoms. The SMILES string of the molecule is CCOCC(O)C1CCCN1. The smallest absolute Gasteiger partial charge is 0.0926 e. The Morgan fingerprint density at radius 1 is 1.73 bits per heavy atom. The maximum Gasteiger partial charge on any atom is 0.0926 e. The van der Waals surface area contributed by atoms with Gasteiger partial charge < -0.3 is 15.2 Å².